The van der Waals surface area contributed by atoms with Crippen LogP contribution in [0, 0.1) is 11.3 Å². The summed E-state index contributed by atoms with van der Waals surface area (Å²) in [6, 6.07) is 20.1. The summed E-state index contributed by atoms with van der Waals surface area (Å²) in [6.45, 7) is 1.22. The van der Waals surface area contributed by atoms with Crippen LogP contribution in [0.2, 0.25) is 0 Å². The van der Waals surface area contributed by atoms with E-state index in [0.29, 0.717) is 31.5 Å². The van der Waals surface area contributed by atoms with Crippen LogP contribution in [0.25, 0.3) is 0 Å². The maximum absolute atomic E-state index is 12.7. The summed E-state index contributed by atoms with van der Waals surface area (Å²) in [7, 11) is 3.96. The van der Waals surface area contributed by atoms with E-state index in [1.165, 1.54) is 0 Å². The molecule has 1 amide bonds. The standard InChI is InChI=1S/C21H23N3O/c1-23(2)19-10-8-17(9-11-19)20(25)24-14-12-21(16-22,13-15-24)18-6-4-3-5-7-18/h3-11H,12-15H2,1-2H3. The lowest BCUT2D eigenvalue weighted by molar-refractivity contribution is 0.0692. The van der Waals surface area contributed by atoms with Crippen LogP contribution in [0.15, 0.2) is 54.6 Å². The van der Waals surface area contributed by atoms with Gasteiger partial charge in [0.05, 0.1) is 11.5 Å². The average Bonchev–Trinajstić information content (AvgIpc) is 2.68. The number of benzene rings is 2. The molecule has 2 aromatic rings. The molecule has 25 heavy (non-hydrogen) atoms. The Labute approximate surface area is 149 Å². The molecule has 128 valence electrons. The lowest BCUT2D eigenvalue weighted by atomic mass is 9.74. The van der Waals surface area contributed by atoms with Gasteiger partial charge in [0.2, 0.25) is 0 Å². The number of nitriles is 1. The predicted octanol–water partition coefficient (Wildman–Crippen LogP) is 3.45. The highest BCUT2D eigenvalue weighted by Gasteiger charge is 2.37. The highest BCUT2D eigenvalue weighted by molar-refractivity contribution is 5.94. The van der Waals surface area contributed by atoms with Crippen molar-refractivity contribution in [2.75, 3.05) is 32.1 Å². The van der Waals surface area contributed by atoms with Gasteiger partial charge in [-0.25, -0.2) is 0 Å². The molecule has 3 rings (SSSR count). The van der Waals surface area contributed by atoms with E-state index >= 15 is 0 Å². The van der Waals surface area contributed by atoms with Crippen molar-refractivity contribution in [3.63, 3.8) is 0 Å². The number of nitrogens with zero attached hydrogens (tertiary/aromatic N) is 3. The monoisotopic (exact) mass is 333 g/mol. The first-order chi connectivity index (χ1) is 12.1. The molecule has 1 heterocycles. The largest absolute Gasteiger partial charge is 0.378 e. The van der Waals surface area contributed by atoms with Gasteiger partial charge >= 0.3 is 0 Å². The van der Waals surface area contributed by atoms with Gasteiger partial charge in [-0.15, -0.1) is 0 Å². The quantitative estimate of drug-likeness (QED) is 0.864. The Kier molecular flexibility index (Phi) is 4.76. The number of carbonyl (C=O) groups is 1. The molecule has 0 aliphatic carbocycles. The van der Waals surface area contributed by atoms with Crippen molar-refractivity contribution in [1.82, 2.24) is 4.90 Å². The molecule has 0 saturated carbocycles. The maximum atomic E-state index is 12.7. The van der Waals surface area contributed by atoms with Crippen LogP contribution in [0.3, 0.4) is 0 Å². The molecule has 1 fully saturated rings. The molecule has 0 unspecified atom stereocenters. The minimum absolute atomic E-state index is 0.0462. The molecule has 0 aromatic heterocycles. The van der Waals surface area contributed by atoms with Crippen LogP contribution in [-0.2, 0) is 5.41 Å². The number of hydrogen-bond donors (Lipinski definition) is 0. The third kappa shape index (κ3) is 3.36. The van der Waals surface area contributed by atoms with Gasteiger partial charge in [-0.1, -0.05) is 30.3 Å². The Morgan fingerprint density at radius 3 is 2.16 bits per heavy atom. The topological polar surface area (TPSA) is 47.3 Å². The summed E-state index contributed by atoms with van der Waals surface area (Å²) in [5, 5.41) is 9.76. The normalized spacial score (nSPS) is 16.1. The zero-order valence-electron chi connectivity index (χ0n) is 14.8. The van der Waals surface area contributed by atoms with Crippen molar-refractivity contribution in [3.8, 4) is 6.07 Å². The fourth-order valence-electron chi connectivity index (χ4n) is 3.40. The molecule has 0 atom stereocenters. The van der Waals surface area contributed by atoms with E-state index in [1.807, 2.05) is 78.5 Å². The van der Waals surface area contributed by atoms with Crippen LogP contribution in [0.4, 0.5) is 5.69 Å². The zero-order valence-corrected chi connectivity index (χ0v) is 14.8. The van der Waals surface area contributed by atoms with Gasteiger partial charge < -0.3 is 9.80 Å². The number of amides is 1. The Bertz CT molecular complexity index is 767. The number of piperidine rings is 1. The van der Waals surface area contributed by atoms with Crippen LogP contribution >= 0.6 is 0 Å². The molecule has 4 nitrogen and oxygen atoms in total. The van der Waals surface area contributed by atoms with Crippen LogP contribution in [0.1, 0.15) is 28.8 Å². The summed E-state index contributed by atoms with van der Waals surface area (Å²) >= 11 is 0. The second kappa shape index (κ2) is 6.98. The molecule has 0 N–H and O–H groups in total. The van der Waals surface area contributed by atoms with E-state index in [4.69, 9.17) is 0 Å². The van der Waals surface area contributed by atoms with E-state index < -0.39 is 5.41 Å². The van der Waals surface area contributed by atoms with Crippen LogP contribution in [0.5, 0.6) is 0 Å². The third-order valence-electron chi connectivity index (χ3n) is 5.08. The smallest absolute Gasteiger partial charge is 0.253 e. The average molecular weight is 333 g/mol. The fraction of sp³-hybridized carbons (Fsp3) is 0.333. The van der Waals surface area contributed by atoms with Gasteiger partial charge in [0.15, 0.2) is 0 Å². The van der Waals surface area contributed by atoms with Crippen LogP contribution in [-0.4, -0.2) is 38.0 Å². The molecule has 0 spiro atoms. The first-order valence-corrected chi connectivity index (χ1v) is 8.59. The molecule has 4 heteroatoms. The van der Waals surface area contributed by atoms with Gasteiger partial charge in [0.1, 0.15) is 0 Å². The second-order valence-electron chi connectivity index (χ2n) is 6.79. The number of hydrogen-bond acceptors (Lipinski definition) is 3. The fourth-order valence-corrected chi connectivity index (χ4v) is 3.40. The van der Waals surface area contributed by atoms with E-state index in [9.17, 15) is 10.1 Å². The van der Waals surface area contributed by atoms with Gasteiger partial charge in [0.25, 0.3) is 5.91 Å². The van der Waals surface area contributed by atoms with Crippen molar-refractivity contribution in [1.29, 1.82) is 5.26 Å². The molecule has 1 saturated heterocycles. The van der Waals surface area contributed by atoms with Gasteiger partial charge in [-0.2, -0.15) is 5.26 Å². The van der Waals surface area contributed by atoms with Gasteiger partial charge in [0, 0.05) is 38.4 Å². The minimum Gasteiger partial charge on any atom is -0.378 e. The first kappa shape index (κ1) is 17.0. The van der Waals surface area contributed by atoms with Gasteiger partial charge in [-0.05, 0) is 42.7 Å². The Balaban J connectivity index is 1.71. The molecule has 1 aliphatic rings. The zero-order chi connectivity index (χ0) is 17.9. The van der Waals surface area contributed by atoms with Crippen molar-refractivity contribution in [3.05, 3.63) is 65.7 Å². The molecule has 1 aliphatic heterocycles. The van der Waals surface area contributed by atoms with Crippen molar-refractivity contribution in [2.45, 2.75) is 18.3 Å². The SMILES string of the molecule is CN(C)c1ccc(C(=O)N2CCC(C#N)(c3ccccc3)CC2)cc1. The molecule has 0 bridgehead atoms. The number of carbonyl (C=O) groups excluding carboxylic acids is 1. The third-order valence-corrected chi connectivity index (χ3v) is 5.08. The first-order valence-electron chi connectivity index (χ1n) is 8.59. The number of likely N-dealkylation sites (tertiary alicyclic amines) is 1. The predicted molar refractivity (Wildman–Crippen MR) is 99.6 cm³/mol. The summed E-state index contributed by atoms with van der Waals surface area (Å²) < 4.78 is 0. The Morgan fingerprint density at radius 1 is 1.04 bits per heavy atom. The van der Waals surface area contributed by atoms with E-state index in [2.05, 4.69) is 6.07 Å². The van der Waals surface area contributed by atoms with Crippen LogP contribution < -0.4 is 4.90 Å². The minimum atomic E-state index is -0.479. The summed E-state index contributed by atoms with van der Waals surface area (Å²) in [5.74, 6) is 0.0462. The lowest BCUT2D eigenvalue weighted by Crippen LogP contribution is -2.44. The van der Waals surface area contributed by atoms with Gasteiger partial charge in [-0.3, -0.25) is 4.79 Å². The summed E-state index contributed by atoms with van der Waals surface area (Å²) in [4.78, 5) is 16.6. The van der Waals surface area contributed by atoms with E-state index in [0.717, 1.165) is 11.3 Å². The Hall–Kier alpha value is -2.80. The van der Waals surface area contributed by atoms with Crippen molar-refractivity contribution in [2.24, 2.45) is 0 Å². The molecule has 0 radical (unpaired) electrons. The van der Waals surface area contributed by atoms with Crippen molar-refractivity contribution >= 4 is 11.6 Å². The Morgan fingerprint density at radius 2 is 1.64 bits per heavy atom. The lowest BCUT2D eigenvalue weighted by Gasteiger charge is -2.37. The van der Waals surface area contributed by atoms with E-state index in [1.54, 1.807) is 0 Å². The summed E-state index contributed by atoms with van der Waals surface area (Å²) in [5.41, 5.74) is 2.35. The molecular weight excluding hydrogens is 310 g/mol. The highest BCUT2D eigenvalue weighted by atomic mass is 16.2. The maximum Gasteiger partial charge on any atom is 0.253 e. The highest BCUT2D eigenvalue weighted by Crippen LogP contribution is 2.35. The molecule has 2 aromatic carbocycles. The molecular formula is C21H23N3O. The van der Waals surface area contributed by atoms with Crippen molar-refractivity contribution < 1.29 is 4.79 Å². The summed E-state index contributed by atoms with van der Waals surface area (Å²) in [6.07, 6.45) is 1.35. The van der Waals surface area contributed by atoms with E-state index in [-0.39, 0.29) is 5.91 Å². The number of rotatable bonds is 3. The second-order valence-corrected chi connectivity index (χ2v) is 6.79. The number of anilines is 1.